The van der Waals surface area contributed by atoms with Crippen molar-refractivity contribution >= 4 is 23.2 Å². The Morgan fingerprint density at radius 2 is 2.00 bits per heavy atom. The van der Waals surface area contributed by atoms with Crippen LogP contribution in [0.15, 0.2) is 18.2 Å². The van der Waals surface area contributed by atoms with Crippen LogP contribution >= 0.6 is 0 Å². The summed E-state index contributed by atoms with van der Waals surface area (Å²) >= 11 is 0. The minimum absolute atomic E-state index is 0.0240. The monoisotopic (exact) mass is 345 g/mol. The van der Waals surface area contributed by atoms with Gasteiger partial charge < -0.3 is 10.2 Å². The molecule has 1 unspecified atom stereocenters. The Kier molecular flexibility index (Phi) is 5.01. The van der Waals surface area contributed by atoms with E-state index in [1.165, 1.54) is 12.5 Å². The van der Waals surface area contributed by atoms with Gasteiger partial charge in [0.05, 0.1) is 22.1 Å². The zero-order valence-electron chi connectivity index (χ0n) is 14.4. The third-order valence-electron chi connectivity index (χ3n) is 5.30. The van der Waals surface area contributed by atoms with Crippen LogP contribution in [0.25, 0.3) is 0 Å². The lowest BCUT2D eigenvalue weighted by Crippen LogP contribution is -2.38. The maximum Gasteiger partial charge on any atom is 0.274 e. The Balaban J connectivity index is 1.67. The number of anilines is 1. The Bertz CT molecular complexity index is 698. The van der Waals surface area contributed by atoms with Crippen LogP contribution in [0.5, 0.6) is 0 Å². The van der Waals surface area contributed by atoms with E-state index in [0.717, 1.165) is 25.7 Å². The van der Waals surface area contributed by atoms with Gasteiger partial charge in [0.15, 0.2) is 0 Å². The second-order valence-electron chi connectivity index (χ2n) is 6.94. The second-order valence-corrected chi connectivity index (χ2v) is 6.94. The molecular weight excluding hydrogens is 322 g/mol. The maximum absolute atomic E-state index is 12.6. The number of nitro groups is 1. The minimum Gasteiger partial charge on any atom is -0.339 e. The molecule has 0 spiro atoms. The molecule has 1 aliphatic carbocycles. The lowest BCUT2D eigenvalue weighted by Gasteiger charge is -2.31. The van der Waals surface area contributed by atoms with Crippen LogP contribution in [0.2, 0.25) is 0 Å². The van der Waals surface area contributed by atoms with Crippen LogP contribution in [-0.2, 0) is 9.59 Å². The number of hydrogen-bond donors (Lipinski definition) is 1. The first-order valence-electron chi connectivity index (χ1n) is 8.81. The number of hydrogen-bond acceptors (Lipinski definition) is 4. The van der Waals surface area contributed by atoms with Crippen LogP contribution in [0.4, 0.5) is 11.4 Å². The summed E-state index contributed by atoms with van der Waals surface area (Å²) in [4.78, 5) is 37.3. The van der Waals surface area contributed by atoms with Gasteiger partial charge in [-0.3, -0.25) is 19.7 Å². The summed E-state index contributed by atoms with van der Waals surface area (Å²) in [5, 5.41) is 13.8. The van der Waals surface area contributed by atoms with Gasteiger partial charge >= 0.3 is 0 Å². The van der Waals surface area contributed by atoms with Gasteiger partial charge in [0.2, 0.25) is 11.8 Å². The van der Waals surface area contributed by atoms with E-state index in [2.05, 4.69) is 5.32 Å². The van der Waals surface area contributed by atoms with Crippen molar-refractivity contribution in [3.8, 4) is 0 Å². The van der Waals surface area contributed by atoms with E-state index in [-0.39, 0.29) is 30.0 Å². The normalized spacial score (nSPS) is 21.4. The molecule has 7 nitrogen and oxygen atoms in total. The molecule has 1 aliphatic heterocycles. The predicted molar refractivity (Wildman–Crippen MR) is 93.2 cm³/mol. The Morgan fingerprint density at radius 1 is 1.28 bits per heavy atom. The van der Waals surface area contributed by atoms with Gasteiger partial charge in [0.25, 0.3) is 5.69 Å². The summed E-state index contributed by atoms with van der Waals surface area (Å²) in [5.74, 6) is -0.592. The predicted octanol–water partition coefficient (Wildman–Crippen LogP) is 3.02. The van der Waals surface area contributed by atoms with Crippen LogP contribution in [0.3, 0.4) is 0 Å². The fourth-order valence-electron chi connectivity index (χ4n) is 3.84. The quantitative estimate of drug-likeness (QED) is 0.670. The molecule has 0 aromatic heterocycles. The average Bonchev–Trinajstić information content (AvgIpc) is 2.99. The zero-order valence-corrected chi connectivity index (χ0v) is 14.4. The molecule has 1 saturated heterocycles. The van der Waals surface area contributed by atoms with Gasteiger partial charge in [0, 0.05) is 25.1 Å². The molecule has 2 amide bonds. The summed E-state index contributed by atoms with van der Waals surface area (Å²) in [6, 6.07) is 4.87. The highest BCUT2D eigenvalue weighted by atomic mass is 16.6. The SMILES string of the molecule is Cc1c(NC(=O)C2CC(=O)N(C3CCCCC3)C2)cccc1[N+](=O)[O-]. The number of likely N-dealkylation sites (tertiary alicyclic amines) is 1. The molecule has 1 aromatic rings. The molecule has 1 aromatic carbocycles. The van der Waals surface area contributed by atoms with Crippen molar-refractivity contribution in [3.63, 3.8) is 0 Å². The third-order valence-corrected chi connectivity index (χ3v) is 5.30. The molecule has 7 heteroatoms. The number of amides is 2. The largest absolute Gasteiger partial charge is 0.339 e. The Labute approximate surface area is 146 Å². The summed E-state index contributed by atoms with van der Waals surface area (Å²) < 4.78 is 0. The van der Waals surface area contributed by atoms with E-state index in [4.69, 9.17) is 0 Å². The molecule has 1 heterocycles. The van der Waals surface area contributed by atoms with Gasteiger partial charge in [0.1, 0.15) is 0 Å². The first kappa shape index (κ1) is 17.4. The average molecular weight is 345 g/mol. The van der Waals surface area contributed by atoms with Gasteiger partial charge in [-0.25, -0.2) is 0 Å². The first-order valence-corrected chi connectivity index (χ1v) is 8.81. The van der Waals surface area contributed by atoms with Gasteiger partial charge in [-0.2, -0.15) is 0 Å². The lowest BCUT2D eigenvalue weighted by molar-refractivity contribution is -0.385. The molecule has 25 heavy (non-hydrogen) atoms. The fourth-order valence-corrected chi connectivity index (χ4v) is 3.84. The van der Waals surface area contributed by atoms with Crippen molar-refractivity contribution in [2.75, 3.05) is 11.9 Å². The van der Waals surface area contributed by atoms with Gasteiger partial charge in [-0.15, -0.1) is 0 Å². The molecule has 0 bridgehead atoms. The molecule has 3 rings (SSSR count). The number of nitro benzene ring substituents is 1. The van der Waals surface area contributed by atoms with E-state index in [1.807, 2.05) is 4.90 Å². The molecule has 2 fully saturated rings. The van der Waals surface area contributed by atoms with Crippen LogP contribution in [-0.4, -0.2) is 34.2 Å². The van der Waals surface area contributed by atoms with Crippen molar-refractivity contribution in [3.05, 3.63) is 33.9 Å². The summed E-state index contributed by atoms with van der Waals surface area (Å²) in [7, 11) is 0. The van der Waals surface area contributed by atoms with E-state index < -0.39 is 10.8 Å². The minimum atomic E-state index is -0.463. The van der Waals surface area contributed by atoms with Crippen molar-refractivity contribution in [2.45, 2.75) is 51.5 Å². The Hall–Kier alpha value is -2.44. The topological polar surface area (TPSA) is 92.6 Å². The number of nitrogens with zero attached hydrogens (tertiary/aromatic N) is 2. The van der Waals surface area contributed by atoms with Crippen molar-refractivity contribution in [1.82, 2.24) is 4.90 Å². The molecule has 0 radical (unpaired) electrons. The molecule has 2 aliphatic rings. The van der Waals surface area contributed by atoms with E-state index in [1.54, 1.807) is 19.1 Å². The zero-order chi connectivity index (χ0) is 18.0. The Morgan fingerprint density at radius 3 is 2.68 bits per heavy atom. The van der Waals surface area contributed by atoms with Crippen LogP contribution < -0.4 is 5.32 Å². The summed E-state index contributed by atoms with van der Waals surface area (Å²) in [6.07, 6.45) is 5.75. The summed E-state index contributed by atoms with van der Waals surface area (Å²) in [5.41, 5.74) is 0.834. The van der Waals surface area contributed by atoms with E-state index >= 15 is 0 Å². The maximum atomic E-state index is 12.6. The van der Waals surface area contributed by atoms with Crippen molar-refractivity contribution < 1.29 is 14.5 Å². The second kappa shape index (κ2) is 7.21. The molecule has 134 valence electrons. The van der Waals surface area contributed by atoms with E-state index in [9.17, 15) is 19.7 Å². The summed E-state index contributed by atoms with van der Waals surface area (Å²) in [6.45, 7) is 2.06. The van der Waals surface area contributed by atoms with E-state index in [0.29, 0.717) is 17.8 Å². The number of nitrogens with one attached hydrogen (secondary N) is 1. The van der Waals surface area contributed by atoms with Crippen molar-refractivity contribution in [2.24, 2.45) is 5.92 Å². The highest BCUT2D eigenvalue weighted by Crippen LogP contribution is 2.30. The number of rotatable bonds is 4. The van der Waals surface area contributed by atoms with Crippen LogP contribution in [0.1, 0.15) is 44.1 Å². The third kappa shape index (κ3) is 3.65. The standard InChI is InChI=1S/C18H23N3O4/c1-12-15(8-5-9-16(12)21(24)25)19-18(23)13-10-17(22)20(11-13)14-6-3-2-4-7-14/h5,8-9,13-14H,2-4,6-7,10-11H2,1H3,(H,19,23). The van der Waals surface area contributed by atoms with Gasteiger partial charge in [-0.1, -0.05) is 25.3 Å². The molecule has 1 saturated carbocycles. The number of benzene rings is 1. The highest BCUT2D eigenvalue weighted by molar-refractivity contribution is 5.98. The van der Waals surface area contributed by atoms with Crippen molar-refractivity contribution in [1.29, 1.82) is 0 Å². The fraction of sp³-hybridized carbons (Fsp3) is 0.556. The lowest BCUT2D eigenvalue weighted by atomic mass is 9.94. The van der Waals surface area contributed by atoms with Crippen LogP contribution in [0, 0.1) is 23.0 Å². The smallest absolute Gasteiger partial charge is 0.274 e. The highest BCUT2D eigenvalue weighted by Gasteiger charge is 2.38. The van der Waals surface area contributed by atoms with Gasteiger partial charge in [-0.05, 0) is 25.8 Å². The number of carbonyl (C=O) groups is 2. The number of carbonyl (C=O) groups excluding carboxylic acids is 2. The molecule has 1 atom stereocenters. The molecular formula is C18H23N3O4. The first-order chi connectivity index (χ1) is 12.0. The molecule has 1 N–H and O–H groups in total.